The van der Waals surface area contributed by atoms with Crippen LogP contribution in [0.4, 0.5) is 8.78 Å². The van der Waals surface area contributed by atoms with E-state index in [9.17, 15) is 48.5 Å². The number of rotatable bonds is 17. The van der Waals surface area contributed by atoms with Crippen LogP contribution in [0.5, 0.6) is 5.75 Å². The van der Waals surface area contributed by atoms with Crippen LogP contribution in [0.2, 0.25) is 0 Å². The van der Waals surface area contributed by atoms with Gasteiger partial charge in [-0.15, -0.1) is 55.7 Å². The third-order valence-electron chi connectivity index (χ3n) is 13.1. The fourth-order valence-corrected chi connectivity index (χ4v) is 11.2. The number of aliphatic carboxylic acids is 1. The molecule has 8 aromatic rings. The molecule has 3 unspecified atom stereocenters. The van der Waals surface area contributed by atoms with Gasteiger partial charge in [-0.3, -0.25) is 14.4 Å². The first kappa shape index (κ1) is 49.2. The van der Waals surface area contributed by atoms with Gasteiger partial charge in [0.2, 0.25) is 5.78 Å². The topological polar surface area (TPSA) is 185 Å². The summed E-state index contributed by atoms with van der Waals surface area (Å²) in [5.74, 6) is 1.02. The lowest BCUT2D eigenvalue weighted by molar-refractivity contribution is -0.760. The fraction of sp³-hybridized carbons (Fsp3) is 0.161. The Morgan fingerprint density at radius 3 is 1.85 bits per heavy atom. The molecule has 2 fully saturated rings. The Labute approximate surface area is 422 Å². The van der Waals surface area contributed by atoms with E-state index in [0.29, 0.717) is 39.5 Å². The minimum absolute atomic E-state index is 0.00702. The molecule has 0 amide bonds. The first-order valence-corrected chi connectivity index (χ1v) is 24.0. The average Bonchev–Trinajstić information content (AvgIpc) is 4.23. The molecule has 0 saturated heterocycles. The van der Waals surface area contributed by atoms with E-state index in [2.05, 4.69) is 21.5 Å². The van der Waals surface area contributed by atoms with Gasteiger partial charge < -0.3 is 19.5 Å². The number of hydrogen-bond donors (Lipinski definition) is 1. The van der Waals surface area contributed by atoms with Crippen molar-refractivity contribution in [3.05, 3.63) is 204 Å². The number of halogens is 2. The summed E-state index contributed by atoms with van der Waals surface area (Å²) in [6, 6.07) is 38.0. The van der Waals surface area contributed by atoms with E-state index in [-0.39, 0.29) is 35.0 Å². The second-order valence-electron chi connectivity index (χ2n) is 17.6. The van der Waals surface area contributed by atoms with Crippen LogP contribution in [-0.2, 0) is 14.5 Å². The number of nitrogens with zero attached hydrogens (tertiary/aromatic N) is 2. The Hall–Kier alpha value is -8.77. The number of fused-ring (bicyclic) bond motifs is 2. The van der Waals surface area contributed by atoms with Crippen LogP contribution in [0.1, 0.15) is 61.0 Å². The number of carbonyl (C=O) groups is 3. The number of terminal acetylenes is 2. The lowest BCUT2D eigenvalue weighted by atomic mass is 9.97. The molecular formula is C56H38F2N2O11S2. The van der Waals surface area contributed by atoms with Gasteiger partial charge in [0.15, 0.2) is 5.78 Å². The van der Waals surface area contributed by atoms with Gasteiger partial charge >= 0.3 is 5.97 Å². The average molecular weight is 1020 g/mol. The van der Waals surface area contributed by atoms with Gasteiger partial charge in [-0.25, -0.2) is 8.78 Å². The molecule has 0 bridgehead atoms. The molecule has 2 aliphatic carbocycles. The molecule has 2 heterocycles. The molecule has 364 valence electrons. The SMILES string of the molecule is C#Cc1ccc(C(=O)C2C(c3ccc4cc(-c5ccc(F)cc5)sc4c3)C2(CO[N+](=O)[O-])C(=O)O)cc1.C#Cc1ccc(C(=O)c2sc3cc(OCC4(CO[N+](=O)[O-])CC4)ccc3c2-c2ccc(F)cc2)cc1. The molecule has 2 aromatic heterocycles. The van der Waals surface area contributed by atoms with E-state index in [4.69, 9.17) is 17.6 Å². The molecule has 3 atom stereocenters. The Morgan fingerprint density at radius 1 is 0.685 bits per heavy atom. The van der Waals surface area contributed by atoms with E-state index in [1.807, 2.05) is 30.3 Å². The summed E-state index contributed by atoms with van der Waals surface area (Å²) in [5.41, 5.74) is 2.70. The maximum absolute atomic E-state index is 13.6. The minimum atomic E-state index is -1.81. The molecule has 6 aromatic carbocycles. The van der Waals surface area contributed by atoms with E-state index >= 15 is 0 Å². The number of ketones is 2. The van der Waals surface area contributed by atoms with E-state index in [1.165, 1.54) is 59.1 Å². The van der Waals surface area contributed by atoms with Crippen molar-refractivity contribution in [1.29, 1.82) is 0 Å². The molecule has 0 aliphatic heterocycles. The van der Waals surface area contributed by atoms with Crippen LogP contribution in [-0.4, -0.2) is 52.6 Å². The molecule has 1 N–H and O–H groups in total. The van der Waals surface area contributed by atoms with Crippen molar-refractivity contribution in [2.75, 3.05) is 19.8 Å². The van der Waals surface area contributed by atoms with Crippen molar-refractivity contribution in [2.24, 2.45) is 16.7 Å². The van der Waals surface area contributed by atoms with Crippen LogP contribution in [0.3, 0.4) is 0 Å². The molecular weight excluding hydrogens is 979 g/mol. The third kappa shape index (κ3) is 10.2. The largest absolute Gasteiger partial charge is 0.493 e. The lowest BCUT2D eigenvalue weighted by Crippen LogP contribution is -2.28. The van der Waals surface area contributed by atoms with Crippen LogP contribution in [0.25, 0.3) is 41.7 Å². The van der Waals surface area contributed by atoms with Gasteiger partial charge in [-0.2, -0.15) is 0 Å². The first-order chi connectivity index (χ1) is 35.1. The van der Waals surface area contributed by atoms with Gasteiger partial charge in [0.25, 0.3) is 10.2 Å². The summed E-state index contributed by atoms with van der Waals surface area (Å²) < 4.78 is 34.6. The van der Waals surface area contributed by atoms with Crippen molar-refractivity contribution >= 4 is 60.4 Å². The normalized spacial score (nSPS) is 17.0. The van der Waals surface area contributed by atoms with Gasteiger partial charge in [0.05, 0.1) is 11.5 Å². The first-order valence-electron chi connectivity index (χ1n) is 22.4. The minimum Gasteiger partial charge on any atom is -0.493 e. The van der Waals surface area contributed by atoms with E-state index in [1.54, 1.807) is 72.8 Å². The second-order valence-corrected chi connectivity index (χ2v) is 19.7. The number of ether oxygens (including phenoxy) is 1. The van der Waals surface area contributed by atoms with Gasteiger partial charge in [-0.1, -0.05) is 60.4 Å². The number of thiophene rings is 2. The van der Waals surface area contributed by atoms with E-state index in [0.717, 1.165) is 54.6 Å². The van der Waals surface area contributed by atoms with Crippen molar-refractivity contribution in [3.8, 4) is 52.0 Å². The molecule has 13 nitrogen and oxygen atoms in total. The Kier molecular flexibility index (Phi) is 13.6. The molecule has 17 heteroatoms. The predicted molar refractivity (Wildman–Crippen MR) is 270 cm³/mol. The Bertz CT molecular complexity index is 3560. The summed E-state index contributed by atoms with van der Waals surface area (Å²) >= 11 is 2.77. The number of benzene rings is 6. The highest BCUT2D eigenvalue weighted by atomic mass is 32.1. The summed E-state index contributed by atoms with van der Waals surface area (Å²) in [4.78, 5) is 71.5. The number of carbonyl (C=O) groups excluding carboxylic acids is 2. The summed E-state index contributed by atoms with van der Waals surface area (Å²) in [6.07, 6.45) is 12.4. The molecule has 2 saturated carbocycles. The number of Topliss-reactive ketones (excluding diaryl/α,β-unsaturated/α-hetero) is 1. The molecule has 10 rings (SSSR count). The second kappa shape index (κ2) is 20.2. The van der Waals surface area contributed by atoms with Crippen molar-refractivity contribution in [1.82, 2.24) is 0 Å². The van der Waals surface area contributed by atoms with Crippen LogP contribution in [0, 0.1) is 73.3 Å². The van der Waals surface area contributed by atoms with Crippen molar-refractivity contribution in [3.63, 3.8) is 0 Å². The number of carboxylic acids is 1. The highest BCUT2D eigenvalue weighted by Gasteiger charge is 2.74. The standard InChI is InChI=1S/C28H18FNO6S.C28H20FNO5S/c1-2-16-3-5-18(6-4-16)26(31)25-24(28(25,27(32)33)15-36-30(34)35)20-8-7-19-13-22(37-23(19)14-20)17-9-11-21(29)12-10-17;1-2-18-3-5-20(6-4-18)26(31)27-25(19-7-9-21(29)10-8-19)23-12-11-22(15-24(23)36-27)34-16-28(13-14-28)17-35-30(32)33/h1,3-14,24-25H,15H2,(H,32,33);1,3-12,15H,13-14,16-17H2. The quantitative estimate of drug-likeness (QED) is 0.0396. The predicted octanol–water partition coefficient (Wildman–Crippen LogP) is 11.9. The highest BCUT2D eigenvalue weighted by molar-refractivity contribution is 7.22. The van der Waals surface area contributed by atoms with Gasteiger partial charge in [0.1, 0.15) is 36.0 Å². The van der Waals surface area contributed by atoms with Crippen LogP contribution < -0.4 is 4.74 Å². The fourth-order valence-electron chi connectivity index (χ4n) is 8.90. The Balaban J connectivity index is 0.000000180. The number of hydrogen-bond acceptors (Lipinski definition) is 12. The summed E-state index contributed by atoms with van der Waals surface area (Å²) in [5, 5.41) is 31.6. The van der Waals surface area contributed by atoms with Crippen molar-refractivity contribution < 1.29 is 52.9 Å². The maximum atomic E-state index is 13.6. The third-order valence-corrected chi connectivity index (χ3v) is 15.4. The lowest BCUT2D eigenvalue weighted by Gasteiger charge is -2.15. The van der Waals surface area contributed by atoms with Gasteiger partial charge in [-0.05, 0) is 126 Å². The van der Waals surface area contributed by atoms with Crippen LogP contribution in [0.15, 0.2) is 140 Å². The molecule has 2 aliphatic rings. The smallest absolute Gasteiger partial charge is 0.313 e. The molecule has 0 radical (unpaired) electrons. The Morgan fingerprint density at radius 2 is 1.27 bits per heavy atom. The zero-order chi connectivity index (χ0) is 51.6. The molecule has 73 heavy (non-hydrogen) atoms. The van der Waals surface area contributed by atoms with Gasteiger partial charge in [0, 0.05) is 64.7 Å². The maximum Gasteiger partial charge on any atom is 0.313 e. The molecule has 0 spiro atoms. The monoisotopic (exact) mass is 1020 g/mol. The highest BCUT2D eigenvalue weighted by Crippen LogP contribution is 2.66. The summed E-state index contributed by atoms with van der Waals surface area (Å²) in [6.45, 7) is -0.453. The van der Waals surface area contributed by atoms with Crippen molar-refractivity contribution in [2.45, 2.75) is 18.8 Å². The zero-order valence-electron chi connectivity index (χ0n) is 38.1. The van der Waals surface area contributed by atoms with E-state index < -0.39 is 45.8 Å². The van der Waals surface area contributed by atoms with Crippen LogP contribution >= 0.6 is 22.7 Å². The summed E-state index contributed by atoms with van der Waals surface area (Å²) in [7, 11) is 0. The zero-order valence-corrected chi connectivity index (χ0v) is 39.8. The number of carboxylic acid groups (broad SMARTS) is 1.